The lowest BCUT2D eigenvalue weighted by Gasteiger charge is -2.01. The molecule has 0 amide bonds. The van der Waals surface area contributed by atoms with Crippen LogP contribution in [0.5, 0.6) is 0 Å². The number of hydrogen-bond donors (Lipinski definition) is 1. The Morgan fingerprint density at radius 3 is 2.06 bits per heavy atom. The van der Waals surface area contributed by atoms with Gasteiger partial charge in [0.05, 0.1) is 6.20 Å². The summed E-state index contributed by atoms with van der Waals surface area (Å²) in [7, 11) is 1.21. The average Bonchev–Trinajstić information content (AvgIpc) is 2.85. The lowest BCUT2D eigenvalue weighted by atomic mass is 10.1. The van der Waals surface area contributed by atoms with Crippen LogP contribution in [0.25, 0.3) is 0 Å². The molecule has 0 saturated heterocycles. The van der Waals surface area contributed by atoms with Crippen LogP contribution < -0.4 is 0 Å². The van der Waals surface area contributed by atoms with Gasteiger partial charge < -0.3 is 0 Å². The van der Waals surface area contributed by atoms with Gasteiger partial charge in [0.25, 0.3) is 0 Å². The van der Waals surface area contributed by atoms with Crippen LogP contribution in [0.4, 0.5) is 0 Å². The Labute approximate surface area is 108 Å². The third-order valence-corrected chi connectivity index (χ3v) is 4.09. The number of rotatable bonds is 11. The lowest BCUT2D eigenvalue weighted by molar-refractivity contribution is 0.557. The van der Waals surface area contributed by atoms with Crippen molar-refractivity contribution in [2.45, 2.75) is 77.6 Å². The van der Waals surface area contributed by atoms with E-state index in [1.807, 2.05) is 6.20 Å². The van der Waals surface area contributed by atoms with Crippen LogP contribution in [0.15, 0.2) is 6.20 Å². The maximum atomic E-state index is 4.00. The SMILES string of the molecule is CCCCCCCCCCCCc1cn[nH]p1. The number of aromatic amines is 1. The fourth-order valence-electron chi connectivity index (χ4n) is 2.14. The molecule has 0 fully saturated rings. The molecule has 0 unspecified atom stereocenters. The van der Waals surface area contributed by atoms with Gasteiger partial charge >= 0.3 is 0 Å². The standard InChI is InChI=1S/C14H27N2P/c1-2-3-4-5-6-7-8-9-10-11-12-14-13-15-16-17-14/h13H,2-12H2,1H3,(H,15,16). The van der Waals surface area contributed by atoms with E-state index in [0.29, 0.717) is 0 Å². The smallest absolute Gasteiger partial charge is 0.0567 e. The van der Waals surface area contributed by atoms with Crippen LogP contribution >= 0.6 is 8.35 Å². The predicted molar refractivity (Wildman–Crippen MR) is 76.6 cm³/mol. The van der Waals surface area contributed by atoms with Crippen molar-refractivity contribution in [2.75, 3.05) is 0 Å². The molecule has 1 aromatic rings. The Morgan fingerprint density at radius 2 is 1.53 bits per heavy atom. The van der Waals surface area contributed by atoms with Crippen molar-refractivity contribution in [3.8, 4) is 0 Å². The second kappa shape index (κ2) is 10.8. The molecule has 1 N–H and O–H groups in total. The highest BCUT2D eigenvalue weighted by Gasteiger charge is 1.95. The first-order valence-corrected chi connectivity index (χ1v) is 8.17. The van der Waals surface area contributed by atoms with Crippen molar-refractivity contribution >= 4 is 8.35 Å². The molecule has 98 valence electrons. The van der Waals surface area contributed by atoms with Crippen LogP contribution in [-0.4, -0.2) is 9.96 Å². The molecule has 0 radical (unpaired) electrons. The predicted octanol–water partition coefficient (Wildman–Crippen LogP) is 5.45. The highest BCUT2D eigenvalue weighted by Crippen LogP contribution is 2.14. The zero-order chi connectivity index (χ0) is 12.2. The summed E-state index contributed by atoms with van der Waals surface area (Å²) >= 11 is 0. The van der Waals surface area contributed by atoms with E-state index in [2.05, 4.69) is 16.9 Å². The molecule has 3 heteroatoms. The van der Waals surface area contributed by atoms with Gasteiger partial charge in [-0.05, 0) is 12.8 Å². The maximum Gasteiger partial charge on any atom is 0.0567 e. The van der Waals surface area contributed by atoms with Crippen LogP contribution in [0.1, 0.15) is 76.4 Å². The summed E-state index contributed by atoms with van der Waals surface area (Å²) in [6.45, 7) is 2.28. The topological polar surface area (TPSA) is 28.7 Å². The molecule has 0 atom stereocenters. The van der Waals surface area contributed by atoms with E-state index in [9.17, 15) is 0 Å². The second-order valence-electron chi connectivity index (χ2n) is 4.89. The second-order valence-corrected chi connectivity index (χ2v) is 5.89. The van der Waals surface area contributed by atoms with E-state index in [0.717, 1.165) is 0 Å². The minimum atomic E-state index is 1.21. The van der Waals surface area contributed by atoms with Gasteiger partial charge in [-0.2, -0.15) is 5.10 Å². The Bertz CT molecular complexity index is 247. The van der Waals surface area contributed by atoms with Gasteiger partial charge in [-0.25, -0.2) is 0 Å². The van der Waals surface area contributed by atoms with Crippen molar-refractivity contribution in [3.63, 3.8) is 0 Å². The number of H-pyrrole nitrogens is 1. The van der Waals surface area contributed by atoms with E-state index >= 15 is 0 Å². The van der Waals surface area contributed by atoms with Crippen LogP contribution in [-0.2, 0) is 6.42 Å². The summed E-state index contributed by atoms with van der Waals surface area (Å²) in [5, 5.41) is 5.45. The molecule has 2 nitrogen and oxygen atoms in total. The normalized spacial score (nSPS) is 11.4. The van der Waals surface area contributed by atoms with Crippen molar-refractivity contribution < 1.29 is 0 Å². The summed E-state index contributed by atoms with van der Waals surface area (Å²) in [5.41, 5.74) is 0. The molecule has 0 saturated carbocycles. The minimum absolute atomic E-state index is 1.21. The van der Waals surface area contributed by atoms with Crippen LogP contribution in [0.2, 0.25) is 0 Å². The summed E-state index contributed by atoms with van der Waals surface area (Å²) in [6, 6.07) is 0. The van der Waals surface area contributed by atoms with Gasteiger partial charge in [-0.1, -0.05) is 64.7 Å². The van der Waals surface area contributed by atoms with Crippen molar-refractivity contribution in [1.82, 2.24) is 9.96 Å². The van der Waals surface area contributed by atoms with Gasteiger partial charge in [-0.15, -0.1) is 0 Å². The third-order valence-electron chi connectivity index (χ3n) is 3.25. The first-order chi connectivity index (χ1) is 8.43. The zero-order valence-corrected chi connectivity index (χ0v) is 12.1. The summed E-state index contributed by atoms with van der Waals surface area (Å²) in [4.78, 5) is 2.96. The molecule has 0 aliphatic carbocycles. The molecule has 0 bridgehead atoms. The maximum absolute atomic E-state index is 4.00. The highest BCUT2D eigenvalue weighted by molar-refractivity contribution is 7.26. The molecule has 0 spiro atoms. The molecule has 1 rings (SSSR count). The zero-order valence-electron chi connectivity index (χ0n) is 11.2. The number of nitrogens with one attached hydrogen (secondary N) is 1. The Morgan fingerprint density at radius 1 is 0.941 bits per heavy atom. The van der Waals surface area contributed by atoms with E-state index in [-0.39, 0.29) is 0 Å². The largest absolute Gasteiger partial charge is 0.260 e. The van der Waals surface area contributed by atoms with Crippen molar-refractivity contribution in [1.29, 1.82) is 0 Å². The van der Waals surface area contributed by atoms with Gasteiger partial charge in [0, 0.05) is 13.6 Å². The van der Waals surface area contributed by atoms with Gasteiger partial charge in [-0.3, -0.25) is 4.86 Å². The molecule has 1 aromatic heterocycles. The Hall–Kier alpha value is -0.360. The van der Waals surface area contributed by atoms with Crippen LogP contribution in [0, 0.1) is 0 Å². The Kier molecular flexibility index (Phi) is 9.32. The summed E-state index contributed by atoms with van der Waals surface area (Å²) in [6.07, 6.45) is 17.4. The molecule has 0 aromatic carbocycles. The number of aromatic nitrogens is 2. The molecule has 0 aliphatic heterocycles. The van der Waals surface area contributed by atoms with Gasteiger partial charge in [0.2, 0.25) is 0 Å². The quantitative estimate of drug-likeness (QED) is 0.522. The van der Waals surface area contributed by atoms with Crippen molar-refractivity contribution in [3.05, 3.63) is 11.5 Å². The minimum Gasteiger partial charge on any atom is -0.260 e. The first kappa shape index (κ1) is 14.7. The summed E-state index contributed by atoms with van der Waals surface area (Å²) < 4.78 is 0. The Balaban J connectivity index is 1.76. The molecular formula is C14H27N2P. The number of aryl methyl sites for hydroxylation is 1. The van der Waals surface area contributed by atoms with Gasteiger partial charge in [0.1, 0.15) is 0 Å². The first-order valence-electron chi connectivity index (χ1n) is 7.28. The number of unbranched alkanes of at least 4 members (excludes halogenated alkanes) is 9. The van der Waals surface area contributed by atoms with E-state index in [1.54, 1.807) is 0 Å². The van der Waals surface area contributed by atoms with E-state index < -0.39 is 0 Å². The van der Waals surface area contributed by atoms with E-state index in [4.69, 9.17) is 0 Å². The molecular weight excluding hydrogens is 227 g/mol. The van der Waals surface area contributed by atoms with Gasteiger partial charge in [0.15, 0.2) is 0 Å². The fraction of sp³-hybridized carbons (Fsp3) is 0.857. The highest BCUT2D eigenvalue weighted by atomic mass is 31.0. The molecule has 17 heavy (non-hydrogen) atoms. The molecule has 0 aliphatic rings. The lowest BCUT2D eigenvalue weighted by Crippen LogP contribution is -1.83. The number of nitrogens with zero attached hydrogens (tertiary/aromatic N) is 1. The van der Waals surface area contributed by atoms with Crippen LogP contribution in [0.3, 0.4) is 0 Å². The van der Waals surface area contributed by atoms with Crippen molar-refractivity contribution in [2.24, 2.45) is 0 Å². The monoisotopic (exact) mass is 254 g/mol. The van der Waals surface area contributed by atoms with E-state index in [1.165, 1.54) is 84.3 Å². The number of hydrogen-bond acceptors (Lipinski definition) is 1. The summed E-state index contributed by atoms with van der Waals surface area (Å²) in [5.74, 6) is 0. The fourth-order valence-corrected chi connectivity index (χ4v) is 2.77. The third kappa shape index (κ3) is 8.37. The molecule has 1 heterocycles. The average molecular weight is 254 g/mol.